The Bertz CT molecular complexity index is 455. The van der Waals surface area contributed by atoms with Crippen molar-refractivity contribution in [2.75, 3.05) is 0 Å². The molecule has 1 atom stereocenters. The molecule has 4 N–H and O–H groups in total. The van der Waals surface area contributed by atoms with E-state index in [9.17, 15) is 0 Å². The lowest BCUT2D eigenvalue weighted by Gasteiger charge is -2.42. The predicted octanol–water partition coefficient (Wildman–Crippen LogP) is -1.10. The Hall–Kier alpha value is -1.01. The second kappa shape index (κ2) is 2.87. The number of rotatable bonds is 0. The van der Waals surface area contributed by atoms with Crippen LogP contribution >= 0.6 is 36.7 Å². The molecular weight excluding hydrogens is 292 g/mol. The standard InChI is InChI=1S/C6H4N2O6S3/c7-5(8)4(9-1(15)11-5)6(12-2(16)10-4)13-3(17)14-6/h7-8H2. The summed E-state index contributed by atoms with van der Waals surface area (Å²) in [4.78, 5) is 0. The molecule has 1 unspecified atom stereocenters. The van der Waals surface area contributed by atoms with E-state index in [1.165, 1.54) is 0 Å². The average Bonchev–Trinajstić information content (AvgIpc) is 2.49. The average molecular weight is 296 g/mol. The first kappa shape index (κ1) is 11.1. The van der Waals surface area contributed by atoms with Crippen molar-refractivity contribution >= 4 is 52.4 Å². The van der Waals surface area contributed by atoms with Gasteiger partial charge >= 0.3 is 33.3 Å². The molecule has 3 aliphatic rings. The molecule has 2 spiro atoms. The second-order valence-electron chi connectivity index (χ2n) is 3.33. The van der Waals surface area contributed by atoms with Crippen LogP contribution in [0, 0.1) is 0 Å². The first-order chi connectivity index (χ1) is 7.80. The summed E-state index contributed by atoms with van der Waals surface area (Å²) in [5.74, 6) is -5.96. The first-order valence-corrected chi connectivity index (χ1v) is 5.36. The van der Waals surface area contributed by atoms with Gasteiger partial charge in [-0.2, -0.15) is 0 Å². The van der Waals surface area contributed by atoms with Crippen molar-refractivity contribution in [1.82, 2.24) is 0 Å². The van der Waals surface area contributed by atoms with Crippen molar-refractivity contribution in [1.29, 1.82) is 0 Å². The van der Waals surface area contributed by atoms with Gasteiger partial charge in [-0.3, -0.25) is 11.5 Å². The van der Waals surface area contributed by atoms with Gasteiger partial charge in [0.15, 0.2) is 0 Å². The maximum atomic E-state index is 5.68. The van der Waals surface area contributed by atoms with Crippen LogP contribution in [0.2, 0.25) is 0 Å². The predicted molar refractivity (Wildman–Crippen MR) is 60.9 cm³/mol. The number of thiocarbonyl (C=S) groups is 3. The smallest absolute Gasteiger partial charge is 0.412 e. The van der Waals surface area contributed by atoms with E-state index < -0.39 is 17.6 Å². The molecule has 0 aromatic carbocycles. The highest BCUT2D eigenvalue weighted by atomic mass is 32.1. The van der Waals surface area contributed by atoms with Crippen LogP contribution in [0.4, 0.5) is 0 Å². The van der Waals surface area contributed by atoms with Gasteiger partial charge in [-0.15, -0.1) is 0 Å². The van der Waals surface area contributed by atoms with Crippen LogP contribution < -0.4 is 11.5 Å². The molecule has 0 saturated carbocycles. The SMILES string of the molecule is NC1(N)OC(=S)OC12OC(=S)OC21OC(=S)O1. The Kier molecular flexibility index (Phi) is 1.87. The fraction of sp³-hybridized carbons (Fsp3) is 0.500. The minimum atomic E-state index is -2.01. The molecule has 3 fully saturated rings. The summed E-state index contributed by atoms with van der Waals surface area (Å²) in [7, 11) is 0. The van der Waals surface area contributed by atoms with Crippen molar-refractivity contribution in [2.45, 2.75) is 17.6 Å². The highest BCUT2D eigenvalue weighted by Gasteiger charge is 2.87. The molecule has 3 aliphatic heterocycles. The molecule has 0 radical (unpaired) electrons. The van der Waals surface area contributed by atoms with E-state index in [4.69, 9.17) is 64.3 Å². The van der Waals surface area contributed by atoms with Crippen LogP contribution in [0.3, 0.4) is 0 Å². The summed E-state index contributed by atoms with van der Waals surface area (Å²) in [6.45, 7) is 0. The molecule has 0 amide bonds. The van der Waals surface area contributed by atoms with E-state index in [1.807, 2.05) is 0 Å². The van der Waals surface area contributed by atoms with Gasteiger partial charge in [0.25, 0.3) is 0 Å². The first-order valence-electron chi connectivity index (χ1n) is 4.14. The summed E-state index contributed by atoms with van der Waals surface area (Å²) in [5.41, 5.74) is 11.4. The van der Waals surface area contributed by atoms with Crippen molar-refractivity contribution < 1.29 is 28.4 Å². The molecule has 0 aliphatic carbocycles. The van der Waals surface area contributed by atoms with Gasteiger partial charge in [-0.25, -0.2) is 0 Å². The molecule has 3 rings (SSSR count). The van der Waals surface area contributed by atoms with Crippen LogP contribution in [0.5, 0.6) is 0 Å². The zero-order chi connectivity index (χ0) is 12.5. The third kappa shape index (κ3) is 1.15. The fourth-order valence-electron chi connectivity index (χ4n) is 1.61. The molecule has 3 heterocycles. The Morgan fingerprint density at radius 2 is 1.12 bits per heavy atom. The van der Waals surface area contributed by atoms with Crippen LogP contribution in [0.25, 0.3) is 0 Å². The maximum absolute atomic E-state index is 5.68. The topological polar surface area (TPSA) is 107 Å². The molecule has 11 heteroatoms. The van der Waals surface area contributed by atoms with Crippen LogP contribution in [-0.4, -0.2) is 33.3 Å². The van der Waals surface area contributed by atoms with E-state index in [1.54, 1.807) is 0 Å². The summed E-state index contributed by atoms with van der Waals surface area (Å²) < 4.78 is 30.2. The summed E-state index contributed by atoms with van der Waals surface area (Å²) in [6, 6.07) is 0. The highest BCUT2D eigenvalue weighted by molar-refractivity contribution is 7.80. The Morgan fingerprint density at radius 1 is 0.706 bits per heavy atom. The lowest BCUT2D eigenvalue weighted by molar-refractivity contribution is -0.440. The minimum Gasteiger partial charge on any atom is -0.412 e. The van der Waals surface area contributed by atoms with Crippen LogP contribution in [-0.2, 0) is 28.4 Å². The molecule has 3 saturated heterocycles. The van der Waals surface area contributed by atoms with Crippen molar-refractivity contribution in [3.05, 3.63) is 0 Å². The number of fused-ring (bicyclic) bond motifs is 1. The number of hydrogen-bond acceptors (Lipinski definition) is 11. The van der Waals surface area contributed by atoms with E-state index in [2.05, 4.69) is 12.2 Å². The monoisotopic (exact) mass is 296 g/mol. The van der Waals surface area contributed by atoms with Crippen molar-refractivity contribution in [2.24, 2.45) is 11.5 Å². The minimum absolute atomic E-state index is 0.199. The van der Waals surface area contributed by atoms with E-state index in [0.29, 0.717) is 0 Å². The summed E-state index contributed by atoms with van der Waals surface area (Å²) in [5, 5.41) is -0.899. The molecule has 0 aromatic heterocycles. The number of nitrogens with two attached hydrogens (primary N) is 2. The van der Waals surface area contributed by atoms with Crippen LogP contribution in [0.15, 0.2) is 0 Å². The maximum Gasteiger partial charge on any atom is 0.516 e. The molecule has 8 nitrogen and oxygen atoms in total. The zero-order valence-corrected chi connectivity index (χ0v) is 10.3. The number of ether oxygens (including phenoxy) is 6. The summed E-state index contributed by atoms with van der Waals surface area (Å²) >= 11 is 14.0. The highest BCUT2D eigenvalue weighted by Crippen LogP contribution is 2.52. The van der Waals surface area contributed by atoms with E-state index in [0.717, 1.165) is 0 Å². The largest absolute Gasteiger partial charge is 0.516 e. The van der Waals surface area contributed by atoms with Gasteiger partial charge in [0, 0.05) is 36.7 Å². The van der Waals surface area contributed by atoms with Gasteiger partial charge < -0.3 is 28.4 Å². The quantitative estimate of drug-likeness (QED) is 0.420. The molecule has 92 valence electrons. The van der Waals surface area contributed by atoms with E-state index in [-0.39, 0.29) is 15.7 Å². The third-order valence-electron chi connectivity index (χ3n) is 2.28. The van der Waals surface area contributed by atoms with Crippen molar-refractivity contribution in [3.8, 4) is 0 Å². The Labute approximate surface area is 110 Å². The number of hydrogen-bond donors (Lipinski definition) is 2. The van der Waals surface area contributed by atoms with Gasteiger partial charge in [-0.1, -0.05) is 0 Å². The van der Waals surface area contributed by atoms with Crippen LogP contribution in [0.1, 0.15) is 0 Å². The third-order valence-corrected chi connectivity index (χ3v) is 2.78. The molecule has 0 bridgehead atoms. The Balaban J connectivity index is 2.08. The zero-order valence-electron chi connectivity index (χ0n) is 7.83. The lowest BCUT2D eigenvalue weighted by Crippen LogP contribution is -2.77. The summed E-state index contributed by atoms with van der Waals surface area (Å²) in [6.07, 6.45) is 0. The molecular formula is C6H4N2O6S3. The van der Waals surface area contributed by atoms with Gasteiger partial charge in [-0.05, 0) is 0 Å². The van der Waals surface area contributed by atoms with E-state index >= 15 is 0 Å². The molecule has 17 heavy (non-hydrogen) atoms. The Morgan fingerprint density at radius 3 is 1.53 bits per heavy atom. The molecule has 0 aromatic rings. The lowest BCUT2D eigenvalue weighted by atomic mass is 10.1. The fourth-order valence-corrected chi connectivity index (χ4v) is 2.31. The normalized spacial score (nSPS) is 35.3. The second-order valence-corrected chi connectivity index (χ2v) is 4.33. The van der Waals surface area contributed by atoms with Crippen molar-refractivity contribution in [3.63, 3.8) is 0 Å². The van der Waals surface area contributed by atoms with Gasteiger partial charge in [0.1, 0.15) is 0 Å². The van der Waals surface area contributed by atoms with Gasteiger partial charge in [0.05, 0.1) is 0 Å². The van der Waals surface area contributed by atoms with Gasteiger partial charge in [0.2, 0.25) is 0 Å².